The van der Waals surface area contributed by atoms with E-state index in [-0.39, 0.29) is 150 Å². The van der Waals surface area contributed by atoms with E-state index in [9.17, 15) is 95.9 Å². The number of aryl methyl sites for hydroxylation is 4. The smallest absolute Gasteiger partial charge is 0.258 e. The number of carbonyl (C=O) groups is 20. The van der Waals surface area contributed by atoms with E-state index in [0.29, 0.717) is 94.0 Å². The lowest BCUT2D eigenvalue weighted by molar-refractivity contribution is -0.139. The predicted molar refractivity (Wildman–Crippen MR) is 548 cm³/mol. The number of ether oxygens (including phenoxy) is 2. The topological polar surface area (TPSA) is 392 Å². The van der Waals surface area contributed by atoms with E-state index < -0.39 is 0 Å². The Balaban J connectivity index is 0.000000136. The van der Waals surface area contributed by atoms with Gasteiger partial charge in [0, 0.05) is 126 Å². The van der Waals surface area contributed by atoms with Crippen LogP contribution >= 0.6 is 0 Å². The molecule has 10 aliphatic heterocycles. The van der Waals surface area contributed by atoms with Gasteiger partial charge >= 0.3 is 0 Å². The molecular weight excluding hydrogens is 1900 g/mol. The van der Waals surface area contributed by atoms with Gasteiger partial charge in [0.15, 0.2) is 0 Å². The highest BCUT2D eigenvalue weighted by Gasteiger charge is 2.37. The summed E-state index contributed by atoms with van der Waals surface area (Å²) >= 11 is 0. The van der Waals surface area contributed by atoms with Gasteiger partial charge in [0.2, 0.25) is 0 Å². The van der Waals surface area contributed by atoms with Crippen molar-refractivity contribution in [1.82, 2.24) is 19.6 Å². The van der Waals surface area contributed by atoms with Crippen molar-refractivity contribution >= 4 is 152 Å². The molecule has 0 saturated carbocycles. The molecule has 0 unspecified atom stereocenters. The fraction of sp³-hybridized carbons (Fsp3) is 0.145. The molecule has 0 aromatic heterocycles. The van der Waals surface area contributed by atoms with E-state index in [0.717, 1.165) is 107 Å². The maximum Gasteiger partial charge on any atom is 0.258 e. The third-order valence-electron chi connectivity index (χ3n) is 25.5. The summed E-state index contributed by atoms with van der Waals surface area (Å²) in [4.78, 5) is 249. The Bertz CT molecular complexity index is 7120. The number of imide groups is 10. The van der Waals surface area contributed by atoms with E-state index in [1.807, 2.05) is 125 Å². The molecule has 0 saturated heterocycles. The van der Waals surface area contributed by atoms with E-state index in [1.54, 1.807) is 135 Å². The molecule has 10 heterocycles. The monoisotopic (exact) mass is 1990 g/mol. The molecule has 0 N–H and O–H groups in total. The van der Waals surface area contributed by atoms with Crippen molar-refractivity contribution in [1.29, 1.82) is 0 Å². The summed E-state index contributed by atoms with van der Waals surface area (Å²) < 4.78 is 12.0. The standard InChI is InChI=1S/C35H26N2O6.C27H26N2O4.C21H14N2O4.C18H16N2O4.C16H12N2O4/c1-35(2,23-3-11-27(12-4-23)42-29-15-7-25(8-16-29)36-31(38)19-20-32(36)39)24-5-13-28(14-6-24)43-30-17-9-26(10-18-30)37-33(40)21-22-34(37)41;1-5-20-14-18(11-16(3)26(20)28-22(30)7-8-23(28)31)13-19-12-17(4)27(21(6-2)15-19)29-24(32)9-10-25(29)33;24-18-9-10-19(25)22(18)16-5-1-14(2-6-16)13-15-3-7-17(8-4-15)23-20(26)11-12-21(23)27;1-11-6-15(21)19(17(11)23)9-13-4-3-5-14(8-13)10-20-16(22)7-12(2)18(20)24;19-13-4-5-14(20)17(13)9-11-2-1-3-12(8-11)10-18-15(21)6-7-16(18)22/h3-22H,1-2H3;7-12,14-15H,5-6,13H2,1-4H3;1-12H,13H2;3-8H,9-10H2,1-2H3;1-8H,9-10H2. The Morgan fingerprint density at radius 3 is 0.705 bits per heavy atom. The first kappa shape index (κ1) is 103. The molecule has 0 bridgehead atoms. The Morgan fingerprint density at radius 2 is 0.456 bits per heavy atom. The molecule has 0 atom stereocenters. The van der Waals surface area contributed by atoms with Crippen molar-refractivity contribution in [3.8, 4) is 23.0 Å². The highest BCUT2D eigenvalue weighted by Crippen LogP contribution is 2.39. The van der Waals surface area contributed by atoms with Crippen molar-refractivity contribution in [2.75, 3.05) is 29.4 Å². The van der Waals surface area contributed by atoms with Crippen molar-refractivity contribution in [3.05, 3.63) is 417 Å². The van der Waals surface area contributed by atoms with Crippen molar-refractivity contribution in [2.45, 2.75) is 113 Å². The van der Waals surface area contributed by atoms with Crippen molar-refractivity contribution < 1.29 is 105 Å². The number of benzene rings is 10. The van der Waals surface area contributed by atoms with Crippen LogP contribution in [0.2, 0.25) is 0 Å². The molecule has 0 aliphatic carbocycles. The minimum absolute atomic E-state index is 0.165. The zero-order valence-corrected chi connectivity index (χ0v) is 81.8. The highest BCUT2D eigenvalue weighted by molar-refractivity contribution is 6.32. The maximum atomic E-state index is 12.2. The lowest BCUT2D eigenvalue weighted by Gasteiger charge is -2.26. The first-order valence-corrected chi connectivity index (χ1v) is 47.2. The van der Waals surface area contributed by atoms with Crippen LogP contribution in [-0.2, 0) is 153 Å². The fourth-order valence-corrected chi connectivity index (χ4v) is 17.9. The van der Waals surface area contributed by atoms with E-state index in [4.69, 9.17) is 9.47 Å². The Hall–Kier alpha value is -19.4. The second-order valence-electron chi connectivity index (χ2n) is 36.1. The van der Waals surface area contributed by atoms with Crippen LogP contribution in [0, 0.1) is 13.8 Å². The summed E-state index contributed by atoms with van der Waals surface area (Å²) in [6, 6.07) is 66.1. The van der Waals surface area contributed by atoms with E-state index in [2.05, 4.69) is 13.8 Å². The molecule has 10 aromatic rings. The molecule has 0 spiro atoms. The van der Waals surface area contributed by atoms with Crippen LogP contribution < -0.4 is 38.9 Å². The molecule has 32 nitrogen and oxygen atoms in total. The first-order chi connectivity index (χ1) is 71.4. The van der Waals surface area contributed by atoms with Crippen LogP contribution in [-0.4, -0.2) is 138 Å². The molecule has 744 valence electrons. The van der Waals surface area contributed by atoms with Gasteiger partial charge in [0.25, 0.3) is 118 Å². The second-order valence-corrected chi connectivity index (χ2v) is 36.1. The van der Waals surface area contributed by atoms with Gasteiger partial charge in [-0.05, 0) is 228 Å². The quantitative estimate of drug-likeness (QED) is 0.0454. The fourth-order valence-electron chi connectivity index (χ4n) is 17.9. The lowest BCUT2D eigenvalue weighted by atomic mass is 9.78. The van der Waals surface area contributed by atoms with Gasteiger partial charge in [-0.3, -0.25) is 115 Å². The van der Waals surface area contributed by atoms with Crippen LogP contribution in [0.3, 0.4) is 0 Å². The molecule has 20 amide bonds. The van der Waals surface area contributed by atoms with Gasteiger partial charge < -0.3 is 9.47 Å². The zero-order valence-electron chi connectivity index (χ0n) is 81.8. The maximum absolute atomic E-state index is 12.2. The average Bonchev–Trinajstić information content (AvgIpc) is 1.36. The van der Waals surface area contributed by atoms with Crippen LogP contribution in [0.5, 0.6) is 23.0 Å². The van der Waals surface area contributed by atoms with Gasteiger partial charge in [-0.15, -0.1) is 0 Å². The summed E-state index contributed by atoms with van der Waals surface area (Å²) in [5.41, 5.74) is 17.0. The first-order valence-electron chi connectivity index (χ1n) is 47.2. The lowest BCUT2D eigenvalue weighted by Crippen LogP contribution is -2.31. The SMILES string of the molecule is CC(C)(c1ccc(Oc2ccc(N3C(=O)C=CC3=O)cc2)cc1)c1ccc(Oc2ccc(N3C(=O)C=CC3=O)cc2)cc1.CC1=CC(=O)N(Cc2cccc(CN3C(=O)C=C(C)C3=O)c2)C1=O.CCc1cc(Cc2cc(C)c(N3C(=O)C=CC3=O)c(CC)c2)cc(C)c1N1C(=O)C=CC1=O.O=C1C=CC(=O)N1Cc1cccc(CN2C(=O)C=CC2=O)c1.O=C1C=CC(=O)N1c1ccc(Cc2ccc(N3C(=O)C=CC3=O)cc2)cc1. The van der Waals surface area contributed by atoms with Crippen molar-refractivity contribution in [2.24, 2.45) is 0 Å². The second kappa shape index (κ2) is 43.8. The minimum atomic E-state index is -0.362. The molecule has 20 rings (SSSR count). The Labute approximate surface area is 854 Å². The van der Waals surface area contributed by atoms with E-state index in [1.165, 1.54) is 129 Å². The number of hydrogen-bond acceptors (Lipinski definition) is 22. The summed E-state index contributed by atoms with van der Waals surface area (Å²) in [6.45, 7) is 16.0. The molecule has 10 aromatic carbocycles. The molecule has 10 aliphatic rings. The van der Waals surface area contributed by atoms with Crippen LogP contribution in [0.4, 0.5) is 34.1 Å². The number of amides is 20. The molecular formula is C117H94N10O22. The number of hydrogen-bond donors (Lipinski definition) is 0. The average molecular weight is 1990 g/mol. The van der Waals surface area contributed by atoms with Gasteiger partial charge in [-0.2, -0.15) is 0 Å². The van der Waals surface area contributed by atoms with E-state index >= 15 is 0 Å². The normalized spacial score (nSPS) is 16.0. The minimum Gasteiger partial charge on any atom is -0.457 e. The highest BCUT2D eigenvalue weighted by atomic mass is 16.5. The zero-order chi connectivity index (χ0) is 106. The molecule has 0 radical (unpaired) electrons. The van der Waals surface area contributed by atoms with Crippen LogP contribution in [0.1, 0.15) is 119 Å². The summed E-state index contributed by atoms with van der Waals surface area (Å²) in [7, 11) is 0. The summed E-state index contributed by atoms with van der Waals surface area (Å²) in [6.07, 6.45) is 25.5. The Morgan fingerprint density at radius 1 is 0.228 bits per heavy atom. The van der Waals surface area contributed by atoms with Gasteiger partial charge in [-0.25, -0.2) is 29.4 Å². The summed E-state index contributed by atoms with van der Waals surface area (Å²) in [5, 5.41) is 0. The van der Waals surface area contributed by atoms with Gasteiger partial charge in [0.1, 0.15) is 23.0 Å². The molecule has 149 heavy (non-hydrogen) atoms. The summed E-state index contributed by atoms with van der Waals surface area (Å²) in [5.74, 6) is -4.21. The van der Waals surface area contributed by atoms with Gasteiger partial charge in [-0.1, -0.05) is 149 Å². The van der Waals surface area contributed by atoms with Crippen molar-refractivity contribution in [3.63, 3.8) is 0 Å². The molecule has 32 heteroatoms. The number of rotatable bonds is 26. The third kappa shape index (κ3) is 22.8. The number of anilines is 6. The third-order valence-corrected chi connectivity index (χ3v) is 25.5. The Kier molecular flexibility index (Phi) is 30.1. The number of carbonyl (C=O) groups excluding carboxylic acids is 20. The molecule has 0 fully saturated rings. The van der Waals surface area contributed by atoms with Gasteiger partial charge in [0.05, 0.1) is 60.3 Å². The van der Waals surface area contributed by atoms with Crippen LogP contribution in [0.15, 0.2) is 339 Å². The number of nitrogens with zero attached hydrogens (tertiary/aromatic N) is 10. The van der Waals surface area contributed by atoms with Crippen LogP contribution in [0.25, 0.3) is 0 Å². The predicted octanol–water partition coefficient (Wildman–Crippen LogP) is 14.3. The largest absolute Gasteiger partial charge is 0.457 e.